The molecule has 1 aliphatic rings. The van der Waals surface area contributed by atoms with E-state index in [1.54, 1.807) is 18.2 Å². The quantitative estimate of drug-likeness (QED) is 0.740. The van der Waals surface area contributed by atoms with Gasteiger partial charge in [0.1, 0.15) is 5.82 Å². The molecule has 0 saturated heterocycles. The Bertz CT molecular complexity index is 444. The van der Waals surface area contributed by atoms with E-state index in [1.165, 1.54) is 0 Å². The van der Waals surface area contributed by atoms with Gasteiger partial charge in [0.25, 0.3) is 0 Å². The molecule has 1 N–H and O–H groups in total. The van der Waals surface area contributed by atoms with Crippen LogP contribution in [0.2, 0.25) is 0 Å². The van der Waals surface area contributed by atoms with Crippen molar-refractivity contribution in [2.24, 2.45) is 5.41 Å². The van der Waals surface area contributed by atoms with E-state index >= 15 is 0 Å². The Labute approximate surface area is 117 Å². The summed E-state index contributed by atoms with van der Waals surface area (Å²) < 4.78 is 14.6. The summed E-state index contributed by atoms with van der Waals surface area (Å²) in [5.41, 5.74) is -0.330. The normalized spacial score (nSPS) is 27.8. The van der Waals surface area contributed by atoms with Crippen molar-refractivity contribution in [3.05, 3.63) is 34.1 Å². The lowest BCUT2D eigenvalue weighted by atomic mass is 9.82. The van der Waals surface area contributed by atoms with Crippen LogP contribution in [-0.4, -0.2) is 5.11 Å². The van der Waals surface area contributed by atoms with Crippen LogP contribution in [0.15, 0.2) is 22.7 Å². The molecule has 100 valence electrons. The highest BCUT2D eigenvalue weighted by Crippen LogP contribution is 2.44. The Morgan fingerprint density at radius 2 is 1.89 bits per heavy atom. The number of hydrogen-bond donors (Lipinski definition) is 1. The Morgan fingerprint density at radius 1 is 1.17 bits per heavy atom. The fourth-order valence-electron chi connectivity index (χ4n) is 2.79. The largest absolute Gasteiger partial charge is 0.385 e. The minimum atomic E-state index is -1.01. The molecular formula is C15H20BrFO. The molecule has 1 fully saturated rings. The molecule has 2 rings (SSSR count). The number of rotatable bonds is 1. The second-order valence-electron chi connectivity index (χ2n) is 6.15. The molecular weight excluding hydrogens is 295 g/mol. The standard InChI is InChI=1S/C15H20BrFO/c1-14(2)7-4-8-15(18,10-9-14)11-5-3-6-12(16)13(11)17/h3,5-6,18H,4,7-10H2,1-2H3. The van der Waals surface area contributed by atoms with Gasteiger partial charge in [-0.15, -0.1) is 0 Å². The van der Waals surface area contributed by atoms with Crippen LogP contribution in [0, 0.1) is 11.2 Å². The third kappa shape index (κ3) is 2.77. The van der Waals surface area contributed by atoms with Gasteiger partial charge in [-0.25, -0.2) is 4.39 Å². The average molecular weight is 315 g/mol. The van der Waals surface area contributed by atoms with Crippen LogP contribution in [0.1, 0.15) is 51.5 Å². The van der Waals surface area contributed by atoms with Gasteiger partial charge in [0.2, 0.25) is 0 Å². The molecule has 0 spiro atoms. The van der Waals surface area contributed by atoms with Crippen LogP contribution in [0.3, 0.4) is 0 Å². The Morgan fingerprint density at radius 3 is 2.61 bits per heavy atom. The van der Waals surface area contributed by atoms with Crippen molar-refractivity contribution >= 4 is 15.9 Å². The van der Waals surface area contributed by atoms with E-state index in [4.69, 9.17) is 0 Å². The molecule has 18 heavy (non-hydrogen) atoms. The third-order valence-corrected chi connectivity index (χ3v) is 4.72. The first-order valence-corrected chi connectivity index (χ1v) is 7.30. The smallest absolute Gasteiger partial charge is 0.143 e. The number of benzene rings is 1. The molecule has 3 heteroatoms. The average Bonchev–Trinajstić information content (AvgIpc) is 2.43. The molecule has 1 saturated carbocycles. The maximum absolute atomic E-state index is 14.1. The maximum Gasteiger partial charge on any atom is 0.143 e. The molecule has 0 bridgehead atoms. The lowest BCUT2D eigenvalue weighted by Gasteiger charge is -2.29. The van der Waals surface area contributed by atoms with Gasteiger partial charge in [-0.3, -0.25) is 0 Å². The van der Waals surface area contributed by atoms with Crippen LogP contribution in [0.4, 0.5) is 4.39 Å². The van der Waals surface area contributed by atoms with Crippen molar-refractivity contribution in [2.45, 2.75) is 51.6 Å². The van der Waals surface area contributed by atoms with Gasteiger partial charge in [0.15, 0.2) is 0 Å². The van der Waals surface area contributed by atoms with Crippen LogP contribution in [0.5, 0.6) is 0 Å². The molecule has 1 nitrogen and oxygen atoms in total. The number of aliphatic hydroxyl groups is 1. The van der Waals surface area contributed by atoms with Crippen LogP contribution < -0.4 is 0 Å². The van der Waals surface area contributed by atoms with E-state index in [0.29, 0.717) is 22.9 Å². The predicted octanol–water partition coefficient (Wildman–Crippen LogP) is 4.77. The summed E-state index contributed by atoms with van der Waals surface area (Å²) in [6.45, 7) is 4.44. The summed E-state index contributed by atoms with van der Waals surface area (Å²) in [4.78, 5) is 0. The zero-order valence-corrected chi connectivity index (χ0v) is 12.6. The monoisotopic (exact) mass is 314 g/mol. The maximum atomic E-state index is 14.1. The molecule has 1 aromatic carbocycles. The highest BCUT2D eigenvalue weighted by molar-refractivity contribution is 9.10. The molecule has 0 aromatic heterocycles. The van der Waals surface area contributed by atoms with E-state index < -0.39 is 5.60 Å². The number of halogens is 2. The van der Waals surface area contributed by atoms with E-state index in [9.17, 15) is 9.50 Å². The van der Waals surface area contributed by atoms with Crippen molar-refractivity contribution in [1.29, 1.82) is 0 Å². The molecule has 1 unspecified atom stereocenters. The van der Waals surface area contributed by atoms with Gasteiger partial charge in [-0.1, -0.05) is 26.0 Å². The van der Waals surface area contributed by atoms with Gasteiger partial charge >= 0.3 is 0 Å². The van der Waals surface area contributed by atoms with Crippen LogP contribution in [0.25, 0.3) is 0 Å². The predicted molar refractivity (Wildman–Crippen MR) is 74.9 cm³/mol. The van der Waals surface area contributed by atoms with Gasteiger partial charge in [-0.2, -0.15) is 0 Å². The summed E-state index contributed by atoms with van der Waals surface area (Å²) in [5, 5.41) is 10.8. The second-order valence-corrected chi connectivity index (χ2v) is 7.01. The van der Waals surface area contributed by atoms with Crippen LogP contribution >= 0.6 is 15.9 Å². The van der Waals surface area contributed by atoms with Gasteiger partial charge in [0, 0.05) is 5.56 Å². The molecule has 0 heterocycles. The SMILES string of the molecule is CC1(C)CCCC(O)(c2cccc(Br)c2F)CC1. The zero-order valence-electron chi connectivity index (χ0n) is 11.0. The summed E-state index contributed by atoms with van der Waals surface area (Å²) in [6.07, 6.45) is 4.23. The van der Waals surface area contributed by atoms with Crippen molar-refractivity contribution in [2.75, 3.05) is 0 Å². The third-order valence-electron chi connectivity index (χ3n) is 4.11. The van der Waals surface area contributed by atoms with Crippen molar-refractivity contribution in [1.82, 2.24) is 0 Å². The summed E-state index contributed by atoms with van der Waals surface area (Å²) in [7, 11) is 0. The van der Waals surface area contributed by atoms with Gasteiger partial charge in [-0.05, 0) is 59.5 Å². The highest BCUT2D eigenvalue weighted by atomic mass is 79.9. The minimum absolute atomic E-state index is 0.243. The lowest BCUT2D eigenvalue weighted by Crippen LogP contribution is -2.26. The van der Waals surface area contributed by atoms with Crippen molar-refractivity contribution < 1.29 is 9.50 Å². The van der Waals surface area contributed by atoms with E-state index in [2.05, 4.69) is 29.8 Å². The summed E-state index contributed by atoms with van der Waals surface area (Å²) in [5.74, 6) is -0.320. The lowest BCUT2D eigenvalue weighted by molar-refractivity contribution is 0.0145. The molecule has 0 radical (unpaired) electrons. The summed E-state index contributed by atoms with van der Waals surface area (Å²) >= 11 is 3.19. The Hall–Kier alpha value is -0.410. The first kappa shape index (κ1) is 14.0. The Kier molecular flexibility index (Phi) is 3.84. The van der Waals surface area contributed by atoms with Crippen molar-refractivity contribution in [3.63, 3.8) is 0 Å². The fourth-order valence-corrected chi connectivity index (χ4v) is 3.15. The highest BCUT2D eigenvalue weighted by Gasteiger charge is 2.37. The van der Waals surface area contributed by atoms with Gasteiger partial charge < -0.3 is 5.11 Å². The van der Waals surface area contributed by atoms with Gasteiger partial charge in [0.05, 0.1) is 10.1 Å². The minimum Gasteiger partial charge on any atom is -0.385 e. The molecule has 0 aliphatic heterocycles. The van der Waals surface area contributed by atoms with Crippen LogP contribution in [-0.2, 0) is 5.60 Å². The fraction of sp³-hybridized carbons (Fsp3) is 0.600. The molecule has 0 amide bonds. The second kappa shape index (κ2) is 4.93. The van der Waals surface area contributed by atoms with E-state index in [-0.39, 0.29) is 11.2 Å². The molecule has 1 atom stereocenters. The Balaban J connectivity index is 2.33. The molecule has 1 aromatic rings. The first-order chi connectivity index (χ1) is 8.34. The zero-order chi connectivity index (χ0) is 13.4. The summed E-state index contributed by atoms with van der Waals surface area (Å²) in [6, 6.07) is 5.16. The van der Waals surface area contributed by atoms with E-state index in [0.717, 1.165) is 19.3 Å². The topological polar surface area (TPSA) is 20.2 Å². The molecule has 1 aliphatic carbocycles. The van der Waals surface area contributed by atoms with E-state index in [1.807, 2.05) is 0 Å². The van der Waals surface area contributed by atoms with Crippen molar-refractivity contribution in [3.8, 4) is 0 Å². The number of hydrogen-bond acceptors (Lipinski definition) is 1. The first-order valence-electron chi connectivity index (χ1n) is 6.51.